The Bertz CT molecular complexity index is 1070. The first-order chi connectivity index (χ1) is 20.6. The molecule has 0 fully saturated rings. The van der Waals surface area contributed by atoms with Gasteiger partial charge >= 0.3 is 12.1 Å². The van der Waals surface area contributed by atoms with Gasteiger partial charge < -0.3 is 47.5 Å². The summed E-state index contributed by atoms with van der Waals surface area (Å²) >= 11 is 0. The smallest absolute Gasteiger partial charge is 0.407 e. The Labute approximate surface area is 260 Å². The van der Waals surface area contributed by atoms with Crippen molar-refractivity contribution in [1.82, 2.24) is 21.3 Å². The number of rotatable bonds is 19. The summed E-state index contributed by atoms with van der Waals surface area (Å²) in [5.74, 6) is -1.55. The first-order valence-electron chi connectivity index (χ1n) is 14.9. The molecule has 1 aromatic rings. The van der Waals surface area contributed by atoms with Crippen molar-refractivity contribution in [1.29, 1.82) is 0 Å². The Balaban J connectivity index is 2.82. The van der Waals surface area contributed by atoms with Crippen LogP contribution in [0.25, 0.3) is 0 Å². The maximum absolute atomic E-state index is 13.3. The van der Waals surface area contributed by atoms with E-state index in [1.54, 1.807) is 38.1 Å². The first kappa shape index (κ1) is 38.1. The largest absolute Gasteiger partial charge is 0.445 e. The predicted octanol–water partition coefficient (Wildman–Crippen LogP) is 1.87. The van der Waals surface area contributed by atoms with E-state index >= 15 is 0 Å². The van der Waals surface area contributed by atoms with Crippen molar-refractivity contribution in [2.75, 3.05) is 25.5 Å². The van der Waals surface area contributed by atoms with Gasteiger partial charge in [0.1, 0.15) is 18.7 Å². The highest BCUT2D eigenvalue weighted by Gasteiger charge is 2.29. The fourth-order valence-corrected chi connectivity index (χ4v) is 3.90. The molecular weight excluding hydrogens is 570 g/mol. The normalized spacial score (nSPS) is 13.3. The number of nitrogens with one attached hydrogen (secondary N) is 5. The lowest BCUT2D eigenvalue weighted by Gasteiger charge is -2.26. The van der Waals surface area contributed by atoms with E-state index in [0.29, 0.717) is 37.1 Å². The van der Waals surface area contributed by atoms with Crippen LogP contribution in [-0.4, -0.2) is 73.8 Å². The molecule has 0 spiro atoms. The van der Waals surface area contributed by atoms with Crippen LogP contribution >= 0.6 is 0 Å². The second-order valence-electron chi connectivity index (χ2n) is 11.8. The molecule has 0 radical (unpaired) electrons. The zero-order chi connectivity index (χ0) is 33.3. The number of anilines is 1. The van der Waals surface area contributed by atoms with Crippen LogP contribution in [0.5, 0.6) is 0 Å². The minimum absolute atomic E-state index is 0.0559. The number of primary amides is 1. The lowest BCUT2D eigenvalue weighted by atomic mass is 10.0. The molecule has 0 aliphatic carbocycles. The molecule has 0 aliphatic rings. The van der Waals surface area contributed by atoms with Crippen molar-refractivity contribution in [3.05, 3.63) is 29.8 Å². The minimum Gasteiger partial charge on any atom is -0.445 e. The molecule has 248 valence electrons. The SMILES string of the molecule is CNC(=O)OCc1ccc(NC(=O)C(CCCNC(N)=O)NC(=O)C(NC(=O)CCC(C)OCCC(C)(C)N)C(C)C)cc1. The molecule has 0 saturated heterocycles. The average molecular weight is 622 g/mol. The number of urea groups is 1. The molecule has 9 N–H and O–H groups in total. The van der Waals surface area contributed by atoms with E-state index in [4.69, 9.17) is 20.9 Å². The maximum Gasteiger partial charge on any atom is 0.407 e. The molecule has 0 bridgehead atoms. The van der Waals surface area contributed by atoms with Gasteiger partial charge in [-0.05, 0) is 70.1 Å². The van der Waals surface area contributed by atoms with Gasteiger partial charge in [0.15, 0.2) is 0 Å². The van der Waals surface area contributed by atoms with Gasteiger partial charge in [-0.25, -0.2) is 9.59 Å². The number of ether oxygens (including phenoxy) is 2. The van der Waals surface area contributed by atoms with Gasteiger partial charge in [-0.1, -0.05) is 26.0 Å². The van der Waals surface area contributed by atoms with Crippen molar-refractivity contribution in [2.45, 2.75) is 97.1 Å². The van der Waals surface area contributed by atoms with E-state index in [9.17, 15) is 24.0 Å². The van der Waals surface area contributed by atoms with Gasteiger partial charge in [-0.2, -0.15) is 0 Å². The number of amides is 6. The summed E-state index contributed by atoms with van der Waals surface area (Å²) in [4.78, 5) is 61.6. The van der Waals surface area contributed by atoms with Gasteiger partial charge in [0.05, 0.1) is 6.10 Å². The van der Waals surface area contributed by atoms with Crippen LogP contribution in [0, 0.1) is 5.92 Å². The lowest BCUT2D eigenvalue weighted by molar-refractivity contribution is -0.132. The third-order valence-electron chi connectivity index (χ3n) is 6.59. The van der Waals surface area contributed by atoms with Crippen LogP contribution < -0.4 is 38.1 Å². The zero-order valence-electron chi connectivity index (χ0n) is 26.8. The van der Waals surface area contributed by atoms with Gasteiger partial charge in [0, 0.05) is 37.8 Å². The fraction of sp³-hybridized carbons (Fsp3) is 0.633. The lowest BCUT2D eigenvalue weighted by Crippen LogP contribution is -2.54. The van der Waals surface area contributed by atoms with Gasteiger partial charge in [-0.15, -0.1) is 0 Å². The summed E-state index contributed by atoms with van der Waals surface area (Å²) < 4.78 is 10.8. The van der Waals surface area contributed by atoms with Crippen LogP contribution in [-0.2, 0) is 30.5 Å². The van der Waals surface area contributed by atoms with Crippen molar-refractivity contribution >= 4 is 35.5 Å². The molecule has 3 atom stereocenters. The quantitative estimate of drug-likeness (QED) is 0.113. The minimum atomic E-state index is -0.966. The summed E-state index contributed by atoms with van der Waals surface area (Å²) in [7, 11) is 1.46. The average Bonchev–Trinajstić information content (AvgIpc) is 2.94. The second kappa shape index (κ2) is 19.4. The maximum atomic E-state index is 13.3. The molecule has 0 aliphatic heterocycles. The molecule has 0 aromatic heterocycles. The molecule has 6 amide bonds. The Morgan fingerprint density at radius 2 is 1.61 bits per heavy atom. The third-order valence-corrected chi connectivity index (χ3v) is 6.59. The number of carbonyl (C=O) groups is 5. The van der Waals surface area contributed by atoms with Crippen molar-refractivity contribution in [2.24, 2.45) is 17.4 Å². The van der Waals surface area contributed by atoms with Crippen LogP contribution in [0.2, 0.25) is 0 Å². The summed E-state index contributed by atoms with van der Waals surface area (Å²) in [6.45, 7) is 10.1. The molecule has 0 heterocycles. The molecule has 44 heavy (non-hydrogen) atoms. The molecule has 3 unspecified atom stereocenters. The molecule has 14 heteroatoms. The van der Waals surface area contributed by atoms with Crippen LogP contribution in [0.1, 0.15) is 72.3 Å². The molecule has 0 saturated carbocycles. The van der Waals surface area contributed by atoms with Crippen molar-refractivity contribution < 1.29 is 33.4 Å². The number of alkyl carbamates (subject to hydrolysis) is 1. The Morgan fingerprint density at radius 1 is 0.955 bits per heavy atom. The summed E-state index contributed by atoms with van der Waals surface area (Å²) in [5.41, 5.74) is 11.9. The van der Waals surface area contributed by atoms with Crippen molar-refractivity contribution in [3.8, 4) is 0 Å². The van der Waals surface area contributed by atoms with Crippen molar-refractivity contribution in [3.63, 3.8) is 0 Å². The van der Waals surface area contributed by atoms with E-state index in [1.165, 1.54) is 7.05 Å². The van der Waals surface area contributed by atoms with E-state index in [2.05, 4.69) is 26.6 Å². The number of benzene rings is 1. The second-order valence-corrected chi connectivity index (χ2v) is 11.8. The third kappa shape index (κ3) is 16.7. The Kier molecular flexibility index (Phi) is 16.8. The Hall–Kier alpha value is -3.91. The molecule has 1 aromatic carbocycles. The first-order valence-corrected chi connectivity index (χ1v) is 14.9. The summed E-state index contributed by atoms with van der Waals surface area (Å²) in [6.07, 6.45) is 1.15. The van der Waals surface area contributed by atoms with E-state index < -0.39 is 36.0 Å². The van der Waals surface area contributed by atoms with E-state index in [-0.39, 0.29) is 49.5 Å². The highest BCUT2D eigenvalue weighted by molar-refractivity contribution is 5.98. The highest BCUT2D eigenvalue weighted by Crippen LogP contribution is 2.13. The zero-order valence-corrected chi connectivity index (χ0v) is 26.8. The summed E-state index contributed by atoms with van der Waals surface area (Å²) in [6, 6.07) is 4.14. The number of nitrogens with two attached hydrogens (primary N) is 2. The monoisotopic (exact) mass is 621 g/mol. The van der Waals surface area contributed by atoms with Gasteiger partial charge in [0.2, 0.25) is 17.7 Å². The molecule has 14 nitrogen and oxygen atoms in total. The molecular formula is C30H51N7O7. The molecule has 1 rings (SSSR count). The van der Waals surface area contributed by atoms with Gasteiger partial charge in [-0.3, -0.25) is 14.4 Å². The van der Waals surface area contributed by atoms with Crippen LogP contribution in [0.3, 0.4) is 0 Å². The fourth-order valence-electron chi connectivity index (χ4n) is 3.90. The number of hydrogen-bond donors (Lipinski definition) is 7. The Morgan fingerprint density at radius 3 is 2.18 bits per heavy atom. The van der Waals surface area contributed by atoms with Crippen LogP contribution in [0.15, 0.2) is 24.3 Å². The topological polar surface area (TPSA) is 216 Å². The number of carbonyl (C=O) groups excluding carboxylic acids is 5. The standard InChI is InChI=1S/C30H51N7O7/c1-19(2)25(37-24(38)14-9-20(3)43-17-15-30(4,5)32)27(40)36-23(8-7-16-34-28(31)41)26(39)35-22-12-10-21(11-13-22)18-44-29(42)33-6/h10-13,19-20,23,25H,7-9,14-18,32H2,1-6H3,(H,33,42)(H,35,39)(H,36,40)(H,37,38)(H3,31,34,41). The summed E-state index contributed by atoms with van der Waals surface area (Å²) in [5, 5.41) is 13.1. The highest BCUT2D eigenvalue weighted by atomic mass is 16.5. The van der Waals surface area contributed by atoms with E-state index in [0.717, 1.165) is 0 Å². The van der Waals surface area contributed by atoms with Crippen LogP contribution in [0.4, 0.5) is 15.3 Å². The van der Waals surface area contributed by atoms with E-state index in [1.807, 2.05) is 20.8 Å². The predicted molar refractivity (Wildman–Crippen MR) is 167 cm³/mol. The van der Waals surface area contributed by atoms with Gasteiger partial charge in [0.25, 0.3) is 0 Å². The number of hydrogen-bond acceptors (Lipinski definition) is 8.